The maximum atomic E-state index is 13.3. The molecule has 0 aliphatic carbocycles. The zero-order chi connectivity index (χ0) is 20.6. The lowest BCUT2D eigenvalue weighted by atomic mass is 10.1. The largest absolute Gasteiger partial charge is 0.339 e. The molecule has 2 heterocycles. The van der Waals surface area contributed by atoms with E-state index in [9.17, 15) is 13.2 Å². The van der Waals surface area contributed by atoms with Crippen LogP contribution in [0, 0.1) is 6.92 Å². The van der Waals surface area contributed by atoms with Crippen LogP contribution in [0.4, 0.5) is 5.69 Å². The molecule has 0 unspecified atom stereocenters. The van der Waals surface area contributed by atoms with Crippen molar-refractivity contribution in [1.82, 2.24) is 4.90 Å². The van der Waals surface area contributed by atoms with Crippen molar-refractivity contribution in [1.29, 1.82) is 0 Å². The smallest absolute Gasteiger partial charge is 0.264 e. The zero-order valence-corrected chi connectivity index (χ0v) is 17.9. The highest BCUT2D eigenvalue weighted by Gasteiger charge is 2.36. The molecule has 154 valence electrons. The van der Waals surface area contributed by atoms with E-state index in [4.69, 9.17) is 0 Å². The van der Waals surface area contributed by atoms with E-state index < -0.39 is 10.0 Å². The molecule has 2 aromatic rings. The van der Waals surface area contributed by atoms with Gasteiger partial charge in [-0.05, 0) is 69.0 Å². The summed E-state index contributed by atoms with van der Waals surface area (Å²) >= 11 is 0. The second-order valence-electron chi connectivity index (χ2n) is 8.22. The van der Waals surface area contributed by atoms with Crippen LogP contribution in [0.3, 0.4) is 0 Å². The average Bonchev–Trinajstić information content (AvgIpc) is 2.86. The molecule has 1 atom stereocenters. The van der Waals surface area contributed by atoms with Gasteiger partial charge in [0.2, 0.25) is 0 Å². The minimum Gasteiger partial charge on any atom is -0.339 e. The van der Waals surface area contributed by atoms with Gasteiger partial charge >= 0.3 is 0 Å². The first-order valence-corrected chi connectivity index (χ1v) is 11.9. The van der Waals surface area contributed by atoms with E-state index >= 15 is 0 Å². The van der Waals surface area contributed by atoms with E-state index in [1.807, 2.05) is 36.9 Å². The van der Waals surface area contributed by atoms with Crippen LogP contribution < -0.4 is 4.31 Å². The molecule has 0 radical (unpaired) electrons. The van der Waals surface area contributed by atoms with Gasteiger partial charge in [0.15, 0.2) is 0 Å². The third-order valence-electron chi connectivity index (χ3n) is 5.95. The second kappa shape index (κ2) is 7.82. The molecular formula is C23H28N2O3S. The summed E-state index contributed by atoms with van der Waals surface area (Å²) in [7, 11) is -3.64. The minimum atomic E-state index is -3.64. The number of anilines is 1. The Morgan fingerprint density at radius 1 is 0.966 bits per heavy atom. The van der Waals surface area contributed by atoms with Crippen LogP contribution in [-0.2, 0) is 16.4 Å². The van der Waals surface area contributed by atoms with Crippen LogP contribution in [-0.4, -0.2) is 38.4 Å². The van der Waals surface area contributed by atoms with Crippen molar-refractivity contribution in [3.63, 3.8) is 0 Å². The number of carbonyl (C=O) groups is 1. The van der Waals surface area contributed by atoms with E-state index in [1.165, 1.54) is 17.1 Å². The molecule has 0 aromatic heterocycles. The Balaban J connectivity index is 1.64. The number of benzene rings is 2. The zero-order valence-electron chi connectivity index (χ0n) is 17.1. The number of carbonyl (C=O) groups excluding carboxylic acids is 1. The number of amides is 1. The molecule has 5 nitrogen and oxygen atoms in total. The van der Waals surface area contributed by atoms with E-state index in [1.54, 1.807) is 24.3 Å². The van der Waals surface area contributed by atoms with Gasteiger partial charge in [-0.25, -0.2) is 8.42 Å². The predicted molar refractivity (Wildman–Crippen MR) is 115 cm³/mol. The van der Waals surface area contributed by atoms with Crippen LogP contribution in [0.5, 0.6) is 0 Å². The summed E-state index contributed by atoms with van der Waals surface area (Å²) in [5.41, 5.74) is 3.29. The first kappa shape index (κ1) is 20.0. The molecular weight excluding hydrogens is 384 g/mol. The lowest BCUT2D eigenvalue weighted by molar-refractivity contribution is 0.0761. The van der Waals surface area contributed by atoms with Crippen molar-refractivity contribution in [2.45, 2.75) is 56.9 Å². The number of aryl methyl sites for hydroxylation is 1. The fraction of sp³-hybridized carbons (Fsp3) is 0.435. The minimum absolute atomic E-state index is 0.0576. The Kier molecular flexibility index (Phi) is 5.38. The van der Waals surface area contributed by atoms with Crippen LogP contribution in [0.15, 0.2) is 47.4 Å². The van der Waals surface area contributed by atoms with Crippen molar-refractivity contribution < 1.29 is 13.2 Å². The van der Waals surface area contributed by atoms with E-state index in [0.717, 1.165) is 37.1 Å². The molecule has 1 saturated heterocycles. The molecule has 0 spiro atoms. The molecule has 0 N–H and O–H groups in total. The number of sulfonamides is 1. The number of nitrogens with zero attached hydrogens (tertiary/aromatic N) is 2. The monoisotopic (exact) mass is 412 g/mol. The van der Waals surface area contributed by atoms with Crippen molar-refractivity contribution in [2.24, 2.45) is 0 Å². The number of rotatable bonds is 3. The summed E-state index contributed by atoms with van der Waals surface area (Å²) < 4.78 is 28.1. The van der Waals surface area contributed by atoms with Gasteiger partial charge in [0.25, 0.3) is 15.9 Å². The summed E-state index contributed by atoms with van der Waals surface area (Å²) in [6.07, 6.45) is 5.07. The number of hydrogen-bond acceptors (Lipinski definition) is 3. The topological polar surface area (TPSA) is 57.7 Å². The van der Waals surface area contributed by atoms with Gasteiger partial charge < -0.3 is 4.90 Å². The number of likely N-dealkylation sites (tertiary alicyclic amines) is 1. The second-order valence-corrected chi connectivity index (χ2v) is 10.0. The van der Waals surface area contributed by atoms with Gasteiger partial charge in [-0.2, -0.15) is 0 Å². The van der Waals surface area contributed by atoms with Gasteiger partial charge in [-0.3, -0.25) is 9.10 Å². The summed E-state index contributed by atoms with van der Waals surface area (Å²) in [5, 5.41) is 0. The average molecular weight is 413 g/mol. The third-order valence-corrected chi connectivity index (χ3v) is 7.89. The first-order valence-electron chi connectivity index (χ1n) is 10.4. The van der Waals surface area contributed by atoms with E-state index in [0.29, 0.717) is 22.6 Å². The molecule has 2 aromatic carbocycles. The van der Waals surface area contributed by atoms with Crippen molar-refractivity contribution >= 4 is 21.6 Å². The van der Waals surface area contributed by atoms with Gasteiger partial charge in [-0.1, -0.05) is 30.5 Å². The fourth-order valence-corrected chi connectivity index (χ4v) is 6.07. The predicted octanol–water partition coefficient (Wildman–Crippen LogP) is 4.15. The molecule has 1 fully saturated rings. The molecule has 6 heteroatoms. The summed E-state index contributed by atoms with van der Waals surface area (Å²) in [6.45, 7) is 5.47. The summed E-state index contributed by atoms with van der Waals surface area (Å²) in [5.74, 6) is 0.0576. The first-order chi connectivity index (χ1) is 13.9. The van der Waals surface area contributed by atoms with Crippen LogP contribution in [0.1, 0.15) is 54.1 Å². The lowest BCUT2D eigenvalue weighted by Crippen LogP contribution is -2.35. The highest BCUT2D eigenvalue weighted by molar-refractivity contribution is 7.92. The van der Waals surface area contributed by atoms with E-state index in [-0.39, 0.29) is 11.9 Å². The highest BCUT2D eigenvalue weighted by atomic mass is 32.2. The van der Waals surface area contributed by atoms with Gasteiger partial charge in [0.1, 0.15) is 0 Å². The molecule has 1 amide bonds. The molecule has 2 aliphatic heterocycles. The third kappa shape index (κ3) is 3.78. The van der Waals surface area contributed by atoms with Crippen LogP contribution >= 0.6 is 0 Å². The number of hydrogen-bond donors (Lipinski definition) is 0. The Labute approximate surface area is 173 Å². The van der Waals surface area contributed by atoms with Crippen molar-refractivity contribution in [3.05, 3.63) is 59.2 Å². The quantitative estimate of drug-likeness (QED) is 0.761. The van der Waals surface area contributed by atoms with Gasteiger partial charge in [0, 0.05) is 24.7 Å². The molecule has 29 heavy (non-hydrogen) atoms. The molecule has 0 bridgehead atoms. The Morgan fingerprint density at radius 3 is 2.28 bits per heavy atom. The molecule has 0 saturated carbocycles. The lowest BCUT2D eigenvalue weighted by Gasteiger charge is -2.25. The Hall–Kier alpha value is -2.34. The SMILES string of the molecule is Cc1ccc(S(=O)(=O)N2c3ccc(C(=O)N4CCCCCC4)cc3C[C@H]2C)cc1. The standard InChI is InChI=1S/C23H28N2O3S/c1-17-7-10-21(11-8-17)29(27,28)25-18(2)15-20-16-19(9-12-22(20)25)23(26)24-13-5-3-4-6-14-24/h7-12,16,18H,3-6,13-15H2,1-2H3/t18-/m1/s1. The fourth-order valence-electron chi connectivity index (χ4n) is 4.38. The highest BCUT2D eigenvalue weighted by Crippen LogP contribution is 2.37. The normalized spacial score (nSPS) is 19.7. The molecule has 4 rings (SSSR count). The maximum absolute atomic E-state index is 13.3. The van der Waals surface area contributed by atoms with Gasteiger partial charge in [0.05, 0.1) is 10.6 Å². The molecule has 2 aliphatic rings. The van der Waals surface area contributed by atoms with Gasteiger partial charge in [-0.15, -0.1) is 0 Å². The van der Waals surface area contributed by atoms with E-state index in [2.05, 4.69) is 0 Å². The van der Waals surface area contributed by atoms with Crippen molar-refractivity contribution in [2.75, 3.05) is 17.4 Å². The van der Waals surface area contributed by atoms with Crippen LogP contribution in [0.2, 0.25) is 0 Å². The maximum Gasteiger partial charge on any atom is 0.264 e. The van der Waals surface area contributed by atoms with Crippen LogP contribution in [0.25, 0.3) is 0 Å². The van der Waals surface area contributed by atoms with Crippen molar-refractivity contribution in [3.8, 4) is 0 Å². The number of fused-ring (bicyclic) bond motifs is 1. The summed E-state index contributed by atoms with van der Waals surface area (Å²) in [6, 6.07) is 12.2. The summed E-state index contributed by atoms with van der Waals surface area (Å²) in [4.78, 5) is 15.2. The Morgan fingerprint density at radius 2 is 1.62 bits per heavy atom. The Bertz CT molecular complexity index is 1010.